The molecule has 2 N–H and O–H groups in total. The smallest absolute Gasteiger partial charge is 0.408 e. The summed E-state index contributed by atoms with van der Waals surface area (Å²) in [5, 5.41) is 5.11. The highest BCUT2D eigenvalue weighted by molar-refractivity contribution is 5.95. The van der Waals surface area contributed by atoms with E-state index >= 15 is 0 Å². The predicted molar refractivity (Wildman–Crippen MR) is 86.8 cm³/mol. The number of alkyl carbamates (subject to hydrolysis) is 1. The molecule has 1 heterocycles. The maximum atomic E-state index is 12.0. The molecule has 2 amide bonds. The van der Waals surface area contributed by atoms with E-state index in [0.717, 1.165) is 11.1 Å². The molecule has 0 saturated heterocycles. The maximum Gasteiger partial charge on any atom is 0.408 e. The summed E-state index contributed by atoms with van der Waals surface area (Å²) in [5.41, 5.74) is 1.88. The molecular weight excluding hydrogens is 294 g/mol. The van der Waals surface area contributed by atoms with Gasteiger partial charge in [0.1, 0.15) is 18.5 Å². The highest BCUT2D eigenvalue weighted by Crippen LogP contribution is 2.05. The van der Waals surface area contributed by atoms with Gasteiger partial charge in [-0.3, -0.25) is 4.79 Å². The number of amides is 2. The van der Waals surface area contributed by atoms with E-state index in [1.54, 1.807) is 19.2 Å². The van der Waals surface area contributed by atoms with E-state index in [4.69, 9.17) is 4.74 Å². The van der Waals surface area contributed by atoms with Gasteiger partial charge < -0.3 is 15.4 Å². The van der Waals surface area contributed by atoms with Gasteiger partial charge in [-0.05, 0) is 31.0 Å². The van der Waals surface area contributed by atoms with Crippen LogP contribution in [0, 0.1) is 6.92 Å². The zero-order chi connectivity index (χ0) is 16.7. The molecule has 1 aromatic carbocycles. The van der Waals surface area contributed by atoms with Crippen LogP contribution in [0.4, 0.5) is 10.6 Å². The number of nitrogens with zero attached hydrogens (tertiary/aromatic N) is 1. The summed E-state index contributed by atoms with van der Waals surface area (Å²) in [6.07, 6.45) is 1.01. The monoisotopic (exact) mass is 313 g/mol. The van der Waals surface area contributed by atoms with Crippen LogP contribution in [0.1, 0.15) is 18.1 Å². The normalized spacial score (nSPS) is 11.4. The van der Waals surface area contributed by atoms with Crippen LogP contribution in [0.15, 0.2) is 48.7 Å². The largest absolute Gasteiger partial charge is 0.445 e. The Balaban J connectivity index is 1.78. The SMILES string of the molecule is Cc1ccc(NC(=O)[C@@H](C)NC(=O)OCc2ccccc2)nc1. The number of carbonyl (C=O) groups is 2. The third-order valence-corrected chi connectivity index (χ3v) is 3.10. The fourth-order valence-electron chi connectivity index (χ4n) is 1.78. The van der Waals surface area contributed by atoms with E-state index in [0.29, 0.717) is 5.82 Å². The Morgan fingerprint density at radius 2 is 1.91 bits per heavy atom. The second kappa shape index (κ2) is 7.93. The van der Waals surface area contributed by atoms with Crippen molar-refractivity contribution in [3.05, 3.63) is 59.8 Å². The van der Waals surface area contributed by atoms with E-state index in [2.05, 4.69) is 15.6 Å². The van der Waals surface area contributed by atoms with Crippen molar-refractivity contribution in [2.45, 2.75) is 26.5 Å². The number of rotatable bonds is 5. The van der Waals surface area contributed by atoms with Gasteiger partial charge in [0.25, 0.3) is 0 Å². The quantitative estimate of drug-likeness (QED) is 0.889. The molecule has 0 fully saturated rings. The molecule has 0 aliphatic rings. The molecule has 0 aliphatic heterocycles. The van der Waals surface area contributed by atoms with Crippen LogP contribution >= 0.6 is 0 Å². The van der Waals surface area contributed by atoms with Crippen molar-refractivity contribution < 1.29 is 14.3 Å². The Bertz CT molecular complexity index is 657. The molecule has 1 aromatic heterocycles. The number of hydrogen-bond donors (Lipinski definition) is 2. The van der Waals surface area contributed by atoms with Crippen molar-refractivity contribution in [2.24, 2.45) is 0 Å². The van der Waals surface area contributed by atoms with Crippen LogP contribution in [0.5, 0.6) is 0 Å². The van der Waals surface area contributed by atoms with Gasteiger partial charge >= 0.3 is 6.09 Å². The standard InChI is InChI=1S/C17H19N3O3/c1-12-8-9-15(18-10-12)20-16(21)13(2)19-17(22)23-11-14-6-4-3-5-7-14/h3-10,13H,11H2,1-2H3,(H,19,22)(H,18,20,21)/t13-/m1/s1. The minimum Gasteiger partial charge on any atom is -0.445 e. The number of hydrogen-bond acceptors (Lipinski definition) is 4. The Morgan fingerprint density at radius 1 is 1.17 bits per heavy atom. The summed E-state index contributed by atoms with van der Waals surface area (Å²) in [5.74, 6) is 0.0740. The minimum absolute atomic E-state index is 0.153. The van der Waals surface area contributed by atoms with Crippen LogP contribution in [-0.2, 0) is 16.1 Å². The predicted octanol–water partition coefficient (Wildman–Crippen LogP) is 2.64. The van der Waals surface area contributed by atoms with E-state index in [1.165, 1.54) is 0 Å². The molecule has 2 rings (SSSR count). The molecule has 23 heavy (non-hydrogen) atoms. The summed E-state index contributed by atoms with van der Waals surface area (Å²) < 4.78 is 5.07. The van der Waals surface area contributed by atoms with Gasteiger partial charge in [-0.25, -0.2) is 9.78 Å². The zero-order valence-corrected chi connectivity index (χ0v) is 13.1. The van der Waals surface area contributed by atoms with E-state index in [-0.39, 0.29) is 12.5 Å². The van der Waals surface area contributed by atoms with E-state index < -0.39 is 12.1 Å². The first-order chi connectivity index (χ1) is 11.0. The van der Waals surface area contributed by atoms with Gasteiger partial charge in [0, 0.05) is 6.20 Å². The third-order valence-electron chi connectivity index (χ3n) is 3.10. The lowest BCUT2D eigenvalue weighted by Gasteiger charge is -2.14. The van der Waals surface area contributed by atoms with Crippen molar-refractivity contribution >= 4 is 17.8 Å². The number of carbonyl (C=O) groups excluding carboxylic acids is 2. The molecule has 0 aliphatic carbocycles. The van der Waals surface area contributed by atoms with Crippen LogP contribution in [-0.4, -0.2) is 23.0 Å². The fraction of sp³-hybridized carbons (Fsp3) is 0.235. The summed E-state index contributed by atoms with van der Waals surface area (Å²) in [4.78, 5) is 27.8. The molecule has 1 atom stereocenters. The van der Waals surface area contributed by atoms with Crippen molar-refractivity contribution in [1.82, 2.24) is 10.3 Å². The summed E-state index contributed by atoms with van der Waals surface area (Å²) >= 11 is 0. The zero-order valence-electron chi connectivity index (χ0n) is 13.1. The first-order valence-electron chi connectivity index (χ1n) is 7.25. The number of anilines is 1. The highest BCUT2D eigenvalue weighted by atomic mass is 16.5. The minimum atomic E-state index is -0.735. The molecule has 6 heteroatoms. The van der Waals surface area contributed by atoms with Gasteiger partial charge in [-0.2, -0.15) is 0 Å². The van der Waals surface area contributed by atoms with E-state index in [1.807, 2.05) is 43.3 Å². The Morgan fingerprint density at radius 3 is 2.57 bits per heavy atom. The van der Waals surface area contributed by atoms with Crippen LogP contribution in [0.3, 0.4) is 0 Å². The number of ether oxygens (including phenoxy) is 1. The highest BCUT2D eigenvalue weighted by Gasteiger charge is 2.16. The molecule has 2 aromatic rings. The lowest BCUT2D eigenvalue weighted by atomic mass is 10.2. The molecule has 0 radical (unpaired) electrons. The van der Waals surface area contributed by atoms with Crippen molar-refractivity contribution in [2.75, 3.05) is 5.32 Å². The van der Waals surface area contributed by atoms with Gasteiger partial charge in [-0.15, -0.1) is 0 Å². The molecule has 0 unspecified atom stereocenters. The Hall–Kier alpha value is -2.89. The molecule has 0 saturated carbocycles. The average Bonchev–Trinajstić information content (AvgIpc) is 2.56. The van der Waals surface area contributed by atoms with Crippen LogP contribution in [0.2, 0.25) is 0 Å². The third kappa shape index (κ3) is 5.43. The lowest BCUT2D eigenvalue weighted by molar-refractivity contribution is -0.117. The van der Waals surface area contributed by atoms with Gasteiger partial charge in [0.15, 0.2) is 0 Å². The Labute approximate surface area is 134 Å². The first-order valence-corrected chi connectivity index (χ1v) is 7.25. The molecule has 120 valence electrons. The van der Waals surface area contributed by atoms with Crippen LogP contribution in [0.25, 0.3) is 0 Å². The van der Waals surface area contributed by atoms with Gasteiger partial charge in [0.2, 0.25) is 5.91 Å². The lowest BCUT2D eigenvalue weighted by Crippen LogP contribution is -2.41. The van der Waals surface area contributed by atoms with E-state index in [9.17, 15) is 9.59 Å². The first kappa shape index (κ1) is 16.5. The molecule has 6 nitrogen and oxygen atoms in total. The second-order valence-corrected chi connectivity index (χ2v) is 5.14. The summed E-state index contributed by atoms with van der Waals surface area (Å²) in [6, 6.07) is 12.1. The number of nitrogens with one attached hydrogen (secondary N) is 2. The second-order valence-electron chi connectivity index (χ2n) is 5.14. The number of benzene rings is 1. The summed E-state index contributed by atoms with van der Waals surface area (Å²) in [7, 11) is 0. The molecular formula is C17H19N3O3. The number of aromatic nitrogens is 1. The van der Waals surface area contributed by atoms with Crippen molar-refractivity contribution in [3.63, 3.8) is 0 Å². The van der Waals surface area contributed by atoms with Gasteiger partial charge in [0.05, 0.1) is 0 Å². The topological polar surface area (TPSA) is 80.3 Å². The Kier molecular flexibility index (Phi) is 5.68. The number of pyridine rings is 1. The van der Waals surface area contributed by atoms with Crippen molar-refractivity contribution in [1.29, 1.82) is 0 Å². The molecule has 0 spiro atoms. The number of aryl methyl sites for hydroxylation is 1. The van der Waals surface area contributed by atoms with Crippen LogP contribution < -0.4 is 10.6 Å². The molecule has 0 bridgehead atoms. The van der Waals surface area contributed by atoms with Gasteiger partial charge in [-0.1, -0.05) is 36.4 Å². The summed E-state index contributed by atoms with van der Waals surface area (Å²) in [6.45, 7) is 3.64. The average molecular weight is 313 g/mol. The fourth-order valence-corrected chi connectivity index (χ4v) is 1.78. The maximum absolute atomic E-state index is 12.0. The van der Waals surface area contributed by atoms with Crippen molar-refractivity contribution in [3.8, 4) is 0 Å².